The van der Waals surface area contributed by atoms with Gasteiger partial charge in [-0.3, -0.25) is 13.9 Å². The van der Waals surface area contributed by atoms with Crippen LogP contribution in [0.5, 0.6) is 5.75 Å². The van der Waals surface area contributed by atoms with E-state index in [0.29, 0.717) is 16.5 Å². The zero-order valence-electron chi connectivity index (χ0n) is 21.5. The van der Waals surface area contributed by atoms with Gasteiger partial charge in [-0.2, -0.15) is 0 Å². The number of nitrogens with one attached hydrogen (secondary N) is 1. The van der Waals surface area contributed by atoms with Crippen molar-refractivity contribution >= 4 is 39.1 Å². The number of ether oxygens (including phenoxy) is 1. The molecule has 0 radical (unpaired) electrons. The molecule has 1 N–H and O–H groups in total. The first-order chi connectivity index (χ1) is 17.0. The van der Waals surface area contributed by atoms with Gasteiger partial charge in [0.25, 0.3) is 0 Å². The maximum atomic E-state index is 13.3. The molecule has 2 amide bonds. The van der Waals surface area contributed by atoms with Gasteiger partial charge < -0.3 is 15.0 Å². The number of anilines is 1. The second kappa shape index (κ2) is 13.5. The van der Waals surface area contributed by atoms with E-state index in [0.717, 1.165) is 18.2 Å². The van der Waals surface area contributed by atoms with Crippen molar-refractivity contribution in [2.45, 2.75) is 58.7 Å². The van der Waals surface area contributed by atoms with Crippen molar-refractivity contribution in [3.63, 3.8) is 0 Å². The third-order valence-corrected chi connectivity index (χ3v) is 7.35. The molecule has 36 heavy (non-hydrogen) atoms. The molecule has 198 valence electrons. The number of rotatable bonds is 13. The quantitative estimate of drug-likeness (QED) is 0.412. The van der Waals surface area contributed by atoms with Crippen LogP contribution in [-0.2, 0) is 26.2 Å². The molecule has 0 aliphatic carbocycles. The molecule has 0 saturated carbocycles. The first-order valence-electron chi connectivity index (χ1n) is 11.9. The number of carbonyl (C=O) groups is 2. The van der Waals surface area contributed by atoms with Gasteiger partial charge >= 0.3 is 0 Å². The summed E-state index contributed by atoms with van der Waals surface area (Å²) in [7, 11) is -2.03. The van der Waals surface area contributed by atoms with E-state index in [9.17, 15) is 18.0 Å². The van der Waals surface area contributed by atoms with Crippen molar-refractivity contribution in [3.05, 3.63) is 59.1 Å². The third-order valence-electron chi connectivity index (χ3n) is 5.92. The fourth-order valence-corrected chi connectivity index (χ4v) is 4.81. The number of benzene rings is 2. The summed E-state index contributed by atoms with van der Waals surface area (Å²) in [5.74, 6) is 0.129. The molecule has 10 heteroatoms. The Bertz CT molecular complexity index is 1120. The van der Waals surface area contributed by atoms with Crippen molar-refractivity contribution in [1.82, 2.24) is 10.2 Å². The maximum Gasteiger partial charge on any atom is 0.242 e. The van der Waals surface area contributed by atoms with Crippen LogP contribution in [0.3, 0.4) is 0 Å². The second-order valence-electron chi connectivity index (χ2n) is 8.78. The van der Waals surface area contributed by atoms with Crippen LogP contribution in [0.4, 0.5) is 5.69 Å². The smallest absolute Gasteiger partial charge is 0.242 e. The highest BCUT2D eigenvalue weighted by molar-refractivity contribution is 7.92. The Kier molecular flexibility index (Phi) is 11.0. The van der Waals surface area contributed by atoms with E-state index < -0.39 is 16.1 Å². The highest BCUT2D eigenvalue weighted by Crippen LogP contribution is 2.22. The van der Waals surface area contributed by atoms with E-state index in [1.54, 1.807) is 49.4 Å². The van der Waals surface area contributed by atoms with Crippen LogP contribution in [-0.4, -0.2) is 57.1 Å². The fourth-order valence-electron chi connectivity index (χ4n) is 3.63. The molecule has 0 unspecified atom stereocenters. The number of amides is 2. The van der Waals surface area contributed by atoms with Crippen molar-refractivity contribution in [3.8, 4) is 5.75 Å². The monoisotopic (exact) mass is 537 g/mol. The lowest BCUT2D eigenvalue weighted by Gasteiger charge is -2.30. The van der Waals surface area contributed by atoms with Gasteiger partial charge in [0.05, 0.1) is 19.1 Å². The number of hydrogen-bond donors (Lipinski definition) is 1. The number of sulfonamides is 1. The van der Waals surface area contributed by atoms with E-state index in [1.807, 2.05) is 19.9 Å². The lowest BCUT2D eigenvalue weighted by Crippen LogP contribution is -2.49. The Balaban J connectivity index is 2.17. The second-order valence-corrected chi connectivity index (χ2v) is 11.1. The summed E-state index contributed by atoms with van der Waals surface area (Å²) in [6, 6.07) is 13.1. The van der Waals surface area contributed by atoms with Crippen molar-refractivity contribution in [1.29, 1.82) is 0 Å². The van der Waals surface area contributed by atoms with Gasteiger partial charge in [0.2, 0.25) is 21.8 Å². The molecule has 0 aromatic heterocycles. The minimum atomic E-state index is -3.57. The predicted octanol–water partition coefficient (Wildman–Crippen LogP) is 4.23. The third kappa shape index (κ3) is 8.71. The zero-order valence-corrected chi connectivity index (χ0v) is 23.1. The normalized spacial score (nSPS) is 12.9. The van der Waals surface area contributed by atoms with Gasteiger partial charge in [0.15, 0.2) is 0 Å². The molecular formula is C26H36ClN3O5S. The van der Waals surface area contributed by atoms with Crippen LogP contribution >= 0.6 is 11.6 Å². The molecule has 0 spiro atoms. The van der Waals surface area contributed by atoms with Crippen LogP contribution < -0.4 is 14.4 Å². The van der Waals surface area contributed by atoms with E-state index in [2.05, 4.69) is 5.32 Å². The fraction of sp³-hybridized carbons (Fsp3) is 0.462. The molecule has 0 aliphatic heterocycles. The van der Waals surface area contributed by atoms with E-state index in [-0.39, 0.29) is 43.8 Å². The molecule has 0 bridgehead atoms. The minimum Gasteiger partial charge on any atom is -0.497 e. The topological polar surface area (TPSA) is 96.0 Å². The predicted molar refractivity (Wildman–Crippen MR) is 144 cm³/mol. The minimum absolute atomic E-state index is 0.0177. The zero-order chi connectivity index (χ0) is 26.9. The summed E-state index contributed by atoms with van der Waals surface area (Å²) in [6.07, 6.45) is 2.26. The molecule has 2 aromatic carbocycles. The Morgan fingerprint density at radius 2 is 1.78 bits per heavy atom. The summed E-state index contributed by atoms with van der Waals surface area (Å²) in [5.41, 5.74) is 1.29. The largest absolute Gasteiger partial charge is 0.497 e. The van der Waals surface area contributed by atoms with E-state index >= 15 is 0 Å². The Morgan fingerprint density at radius 3 is 2.33 bits per heavy atom. The molecule has 0 aliphatic rings. The van der Waals surface area contributed by atoms with Crippen LogP contribution in [0.2, 0.25) is 5.02 Å². The van der Waals surface area contributed by atoms with Gasteiger partial charge in [-0.05, 0) is 68.7 Å². The average Bonchev–Trinajstić information content (AvgIpc) is 2.83. The van der Waals surface area contributed by atoms with E-state index in [1.165, 1.54) is 16.3 Å². The van der Waals surface area contributed by atoms with Gasteiger partial charge in [0, 0.05) is 30.6 Å². The van der Waals surface area contributed by atoms with Gasteiger partial charge in [-0.25, -0.2) is 8.42 Å². The molecule has 2 aromatic rings. The van der Waals surface area contributed by atoms with Crippen LogP contribution in [0.15, 0.2) is 48.5 Å². The molecule has 2 rings (SSSR count). The number of halogens is 1. The molecule has 8 nitrogen and oxygen atoms in total. The summed E-state index contributed by atoms with van der Waals surface area (Å²) in [6.45, 7) is 5.91. The van der Waals surface area contributed by atoms with Crippen molar-refractivity contribution in [2.75, 3.05) is 24.2 Å². The van der Waals surface area contributed by atoms with E-state index in [4.69, 9.17) is 16.3 Å². The summed E-state index contributed by atoms with van der Waals surface area (Å²) < 4.78 is 31.3. The highest BCUT2D eigenvalue weighted by Gasteiger charge is 2.27. The number of nitrogens with zero attached hydrogens (tertiary/aromatic N) is 2. The van der Waals surface area contributed by atoms with Crippen LogP contribution in [0.1, 0.15) is 45.6 Å². The number of methoxy groups -OCH3 is 1. The summed E-state index contributed by atoms with van der Waals surface area (Å²) in [4.78, 5) is 27.7. The first kappa shape index (κ1) is 29.5. The van der Waals surface area contributed by atoms with Crippen molar-refractivity contribution < 1.29 is 22.7 Å². The Labute approximate surface area is 219 Å². The Hall–Kier alpha value is -2.78. The molecule has 0 saturated heterocycles. The van der Waals surface area contributed by atoms with Gasteiger partial charge in [-0.15, -0.1) is 0 Å². The van der Waals surface area contributed by atoms with Gasteiger partial charge in [0.1, 0.15) is 11.8 Å². The first-order valence-corrected chi connectivity index (χ1v) is 14.1. The Morgan fingerprint density at radius 1 is 1.11 bits per heavy atom. The SMILES string of the molecule is CC[C@H](C)NC(=O)[C@@H](C)N(Cc1cccc(Cl)c1)C(=O)CCCN(c1ccc(OC)cc1)S(C)(=O)=O. The number of carbonyl (C=O) groups excluding carboxylic acids is 2. The van der Waals surface area contributed by atoms with Gasteiger partial charge in [-0.1, -0.05) is 30.7 Å². The van der Waals surface area contributed by atoms with Crippen LogP contribution in [0, 0.1) is 0 Å². The summed E-state index contributed by atoms with van der Waals surface area (Å²) >= 11 is 6.12. The molecule has 0 fully saturated rings. The highest BCUT2D eigenvalue weighted by atomic mass is 35.5. The lowest BCUT2D eigenvalue weighted by molar-refractivity contribution is -0.140. The lowest BCUT2D eigenvalue weighted by atomic mass is 10.1. The van der Waals surface area contributed by atoms with Crippen LogP contribution in [0.25, 0.3) is 0 Å². The average molecular weight is 538 g/mol. The molecule has 2 atom stereocenters. The van der Waals surface area contributed by atoms with Crippen molar-refractivity contribution in [2.24, 2.45) is 0 Å². The summed E-state index contributed by atoms with van der Waals surface area (Å²) in [5, 5.41) is 3.47. The number of hydrogen-bond acceptors (Lipinski definition) is 5. The standard InChI is InChI=1S/C26H36ClN3O5S/c1-6-19(2)28-26(32)20(3)29(18-21-9-7-10-22(27)17-21)25(31)11-8-16-30(36(5,33)34)23-12-14-24(35-4)15-13-23/h7,9-10,12-15,17,19-20H,6,8,11,16,18H2,1-5H3,(H,28,32)/t19-,20+/m0/s1. The molecule has 0 heterocycles. The molecular weight excluding hydrogens is 502 g/mol. The maximum absolute atomic E-state index is 13.3.